The molecule has 0 atom stereocenters. The van der Waals surface area contributed by atoms with Crippen molar-refractivity contribution in [3.63, 3.8) is 0 Å². The van der Waals surface area contributed by atoms with E-state index in [1.807, 2.05) is 39.0 Å². The number of methoxy groups -OCH3 is 1. The summed E-state index contributed by atoms with van der Waals surface area (Å²) in [5, 5.41) is 10.4. The van der Waals surface area contributed by atoms with Crippen molar-refractivity contribution in [1.82, 2.24) is 10.2 Å². The van der Waals surface area contributed by atoms with Gasteiger partial charge in [-0.15, -0.1) is 0 Å². The standard InChI is InChI=1S/C20H24N4O4S/c1-20(2,3)12-10-15(18(28-4)16(11-12)24-29(5,26)27)21-19(25)17-13-8-6-7-9-14(13)22-23-17/h6-11,24H,1-5H3,(H,21,25)(H,22,23). The average Bonchev–Trinajstić information content (AvgIpc) is 3.03. The summed E-state index contributed by atoms with van der Waals surface area (Å²) in [5.41, 5.74) is 2.12. The molecule has 0 fully saturated rings. The minimum absolute atomic E-state index is 0.219. The molecule has 3 N–H and O–H groups in total. The highest BCUT2D eigenvalue weighted by Crippen LogP contribution is 2.39. The number of hydrogen-bond acceptors (Lipinski definition) is 5. The van der Waals surface area contributed by atoms with Crippen molar-refractivity contribution in [1.29, 1.82) is 0 Å². The molecule has 0 spiro atoms. The van der Waals surface area contributed by atoms with Crippen LogP contribution in [-0.4, -0.2) is 37.9 Å². The molecule has 3 rings (SSSR count). The maximum atomic E-state index is 12.9. The predicted molar refractivity (Wildman–Crippen MR) is 114 cm³/mol. The smallest absolute Gasteiger partial charge is 0.276 e. The van der Waals surface area contributed by atoms with Gasteiger partial charge in [0.2, 0.25) is 10.0 Å². The van der Waals surface area contributed by atoms with Gasteiger partial charge >= 0.3 is 0 Å². The van der Waals surface area contributed by atoms with Crippen molar-refractivity contribution in [3.8, 4) is 5.75 Å². The van der Waals surface area contributed by atoms with E-state index in [-0.39, 0.29) is 22.5 Å². The van der Waals surface area contributed by atoms with Crippen LogP contribution in [0.4, 0.5) is 11.4 Å². The quantitative estimate of drug-likeness (QED) is 0.589. The lowest BCUT2D eigenvalue weighted by Crippen LogP contribution is -2.18. The van der Waals surface area contributed by atoms with E-state index in [2.05, 4.69) is 20.2 Å². The summed E-state index contributed by atoms with van der Waals surface area (Å²) >= 11 is 0. The first kappa shape index (κ1) is 20.7. The Kier molecular flexibility index (Phi) is 5.27. The Hall–Kier alpha value is -3.07. The van der Waals surface area contributed by atoms with Gasteiger partial charge in [-0.05, 0) is 29.2 Å². The minimum Gasteiger partial charge on any atom is -0.492 e. The van der Waals surface area contributed by atoms with Gasteiger partial charge in [-0.3, -0.25) is 14.6 Å². The molecule has 9 heteroatoms. The number of aromatic amines is 1. The fourth-order valence-corrected chi connectivity index (χ4v) is 3.52. The van der Waals surface area contributed by atoms with Crippen LogP contribution in [0.15, 0.2) is 36.4 Å². The van der Waals surface area contributed by atoms with E-state index < -0.39 is 15.9 Å². The third-order valence-corrected chi connectivity index (χ3v) is 4.98. The number of nitrogens with one attached hydrogen (secondary N) is 3. The topological polar surface area (TPSA) is 113 Å². The van der Waals surface area contributed by atoms with Crippen LogP contribution in [0.2, 0.25) is 0 Å². The summed E-state index contributed by atoms with van der Waals surface area (Å²) in [4.78, 5) is 12.9. The van der Waals surface area contributed by atoms with Gasteiger partial charge in [-0.2, -0.15) is 5.10 Å². The van der Waals surface area contributed by atoms with Gasteiger partial charge in [0.1, 0.15) is 0 Å². The number of carbonyl (C=O) groups is 1. The fraction of sp³-hybridized carbons (Fsp3) is 0.300. The second-order valence-corrected chi connectivity index (χ2v) is 9.55. The average molecular weight is 417 g/mol. The molecule has 3 aromatic rings. The molecule has 0 saturated carbocycles. The van der Waals surface area contributed by atoms with Crippen molar-refractivity contribution in [2.45, 2.75) is 26.2 Å². The van der Waals surface area contributed by atoms with Gasteiger partial charge in [0.15, 0.2) is 11.4 Å². The highest BCUT2D eigenvalue weighted by Gasteiger charge is 2.23. The molecule has 154 valence electrons. The second-order valence-electron chi connectivity index (χ2n) is 7.80. The molecule has 8 nitrogen and oxygen atoms in total. The normalized spacial score (nSPS) is 12.0. The molecular formula is C20H24N4O4S. The Bertz CT molecular complexity index is 1180. The van der Waals surface area contributed by atoms with Crippen LogP contribution < -0.4 is 14.8 Å². The lowest BCUT2D eigenvalue weighted by molar-refractivity contribution is 0.102. The number of para-hydroxylation sites is 1. The van der Waals surface area contributed by atoms with Crippen LogP contribution >= 0.6 is 0 Å². The van der Waals surface area contributed by atoms with Gasteiger partial charge in [0, 0.05) is 5.39 Å². The first-order chi connectivity index (χ1) is 13.5. The highest BCUT2D eigenvalue weighted by atomic mass is 32.2. The molecule has 0 bridgehead atoms. The molecule has 1 aromatic heterocycles. The molecule has 0 saturated heterocycles. The van der Waals surface area contributed by atoms with Crippen LogP contribution in [-0.2, 0) is 15.4 Å². The summed E-state index contributed by atoms with van der Waals surface area (Å²) in [5.74, 6) is -0.214. The van der Waals surface area contributed by atoms with E-state index in [0.717, 1.165) is 17.3 Å². The number of aromatic nitrogens is 2. The van der Waals surface area contributed by atoms with E-state index in [1.165, 1.54) is 7.11 Å². The SMILES string of the molecule is COc1c(NC(=O)c2n[nH]c3ccccc23)cc(C(C)(C)C)cc1NS(C)(=O)=O. The largest absolute Gasteiger partial charge is 0.492 e. The van der Waals surface area contributed by atoms with Crippen molar-refractivity contribution in [3.05, 3.63) is 47.7 Å². The number of nitrogens with zero attached hydrogens (tertiary/aromatic N) is 1. The third-order valence-electron chi connectivity index (χ3n) is 4.39. The predicted octanol–water partition coefficient (Wildman–Crippen LogP) is 3.49. The summed E-state index contributed by atoms with van der Waals surface area (Å²) in [6.07, 6.45) is 1.06. The Morgan fingerprint density at radius 1 is 1.14 bits per heavy atom. The first-order valence-corrected chi connectivity index (χ1v) is 10.8. The van der Waals surface area contributed by atoms with Crippen molar-refractivity contribution in [2.75, 3.05) is 23.4 Å². The summed E-state index contributed by atoms with van der Waals surface area (Å²) < 4.78 is 31.5. The van der Waals surface area contributed by atoms with E-state index >= 15 is 0 Å². The van der Waals surface area contributed by atoms with Gasteiger partial charge < -0.3 is 10.1 Å². The number of sulfonamides is 1. The number of benzene rings is 2. The molecule has 2 aromatic carbocycles. The molecule has 1 amide bonds. The van der Waals surface area contributed by atoms with E-state index in [9.17, 15) is 13.2 Å². The number of anilines is 2. The Morgan fingerprint density at radius 2 is 1.79 bits per heavy atom. The maximum Gasteiger partial charge on any atom is 0.276 e. The van der Waals surface area contributed by atoms with Gasteiger partial charge in [0.25, 0.3) is 5.91 Å². The number of rotatable bonds is 5. The number of ether oxygens (including phenoxy) is 1. The van der Waals surface area contributed by atoms with Crippen molar-refractivity contribution in [2.24, 2.45) is 0 Å². The molecule has 0 aliphatic heterocycles. The Labute approximate surface area is 169 Å². The van der Waals surface area contributed by atoms with Gasteiger partial charge in [-0.25, -0.2) is 8.42 Å². The number of H-pyrrole nitrogens is 1. The second kappa shape index (κ2) is 7.40. The zero-order valence-corrected chi connectivity index (χ0v) is 17.8. The number of fused-ring (bicyclic) bond motifs is 1. The van der Waals surface area contributed by atoms with Crippen LogP contribution in [0.3, 0.4) is 0 Å². The van der Waals surface area contributed by atoms with Crippen LogP contribution in [0.25, 0.3) is 10.9 Å². The minimum atomic E-state index is -3.55. The van der Waals surface area contributed by atoms with Gasteiger partial charge in [0.05, 0.1) is 30.3 Å². The molecule has 0 unspecified atom stereocenters. The van der Waals surface area contributed by atoms with E-state index in [0.29, 0.717) is 11.1 Å². The zero-order valence-electron chi connectivity index (χ0n) is 17.0. The monoisotopic (exact) mass is 416 g/mol. The molecule has 29 heavy (non-hydrogen) atoms. The Morgan fingerprint density at radius 3 is 2.41 bits per heavy atom. The lowest BCUT2D eigenvalue weighted by atomic mass is 9.86. The number of carbonyl (C=O) groups excluding carboxylic acids is 1. The lowest BCUT2D eigenvalue weighted by Gasteiger charge is -2.23. The van der Waals surface area contributed by atoms with Crippen LogP contribution in [0.1, 0.15) is 36.8 Å². The van der Waals surface area contributed by atoms with Crippen LogP contribution in [0, 0.1) is 0 Å². The number of hydrogen-bond donors (Lipinski definition) is 3. The van der Waals surface area contributed by atoms with Crippen LogP contribution in [0.5, 0.6) is 5.75 Å². The molecular weight excluding hydrogens is 392 g/mol. The maximum absolute atomic E-state index is 12.9. The summed E-state index contributed by atoms with van der Waals surface area (Å²) in [7, 11) is -2.13. The van der Waals surface area contributed by atoms with E-state index in [4.69, 9.17) is 4.74 Å². The molecule has 0 aliphatic rings. The fourth-order valence-electron chi connectivity index (χ4n) is 2.97. The zero-order chi connectivity index (χ0) is 21.4. The van der Waals surface area contributed by atoms with Crippen molar-refractivity contribution >= 4 is 38.2 Å². The Balaban J connectivity index is 2.09. The highest BCUT2D eigenvalue weighted by molar-refractivity contribution is 7.92. The molecule has 0 aliphatic carbocycles. The number of amides is 1. The summed E-state index contributed by atoms with van der Waals surface area (Å²) in [6.45, 7) is 5.98. The van der Waals surface area contributed by atoms with Crippen molar-refractivity contribution < 1.29 is 17.9 Å². The van der Waals surface area contributed by atoms with Gasteiger partial charge in [-0.1, -0.05) is 39.0 Å². The van der Waals surface area contributed by atoms with E-state index in [1.54, 1.807) is 18.2 Å². The molecule has 0 radical (unpaired) electrons. The summed E-state index contributed by atoms with van der Waals surface area (Å²) in [6, 6.07) is 10.8. The third kappa shape index (κ3) is 4.51. The molecule has 1 heterocycles. The first-order valence-electron chi connectivity index (χ1n) is 8.94.